The van der Waals surface area contributed by atoms with E-state index in [1.54, 1.807) is 12.1 Å². The minimum absolute atomic E-state index is 0.211. The summed E-state index contributed by atoms with van der Waals surface area (Å²) in [6.45, 7) is 11.4. The summed E-state index contributed by atoms with van der Waals surface area (Å²) in [6, 6.07) is 5.55. The van der Waals surface area contributed by atoms with E-state index >= 15 is 0 Å². The number of phenols is 1. The first-order valence-corrected chi connectivity index (χ1v) is 8.39. The molecule has 2 unspecified atom stereocenters. The summed E-state index contributed by atoms with van der Waals surface area (Å²) in [7, 11) is 0. The van der Waals surface area contributed by atoms with Gasteiger partial charge in [0.15, 0.2) is 0 Å². The zero-order valence-electron chi connectivity index (χ0n) is 13.7. The lowest BCUT2D eigenvalue weighted by atomic mass is 9.77. The average Bonchev–Trinajstić information content (AvgIpc) is 2.66. The molecule has 21 heavy (non-hydrogen) atoms. The third-order valence-corrected chi connectivity index (χ3v) is 5.21. The van der Waals surface area contributed by atoms with Gasteiger partial charge in [0, 0.05) is 16.6 Å². The summed E-state index contributed by atoms with van der Waals surface area (Å²) >= 11 is 6.09. The highest BCUT2D eigenvalue weighted by atomic mass is 35.5. The van der Waals surface area contributed by atoms with E-state index in [0.29, 0.717) is 16.2 Å². The molecule has 2 rings (SSSR count). The number of phenolic OH excluding ortho intramolecular Hbond substituents is 1. The van der Waals surface area contributed by atoms with E-state index in [1.165, 1.54) is 19.3 Å². The third kappa shape index (κ3) is 4.14. The predicted octanol–water partition coefficient (Wildman–Crippen LogP) is 5.25. The molecule has 1 aromatic rings. The van der Waals surface area contributed by atoms with Gasteiger partial charge in [0.1, 0.15) is 5.75 Å². The number of nitrogens with zero attached hydrogens (tertiary/aromatic N) is 1. The van der Waals surface area contributed by atoms with Crippen molar-refractivity contribution in [2.45, 2.75) is 53.0 Å². The van der Waals surface area contributed by atoms with Gasteiger partial charge >= 0.3 is 0 Å². The quantitative estimate of drug-likeness (QED) is 0.806. The van der Waals surface area contributed by atoms with Gasteiger partial charge in [-0.15, -0.1) is 0 Å². The summed E-state index contributed by atoms with van der Waals surface area (Å²) in [5.41, 5.74) is 1.33. The fourth-order valence-electron chi connectivity index (χ4n) is 3.43. The number of hydrogen-bond acceptors (Lipinski definition) is 2. The fraction of sp³-hybridized carbons (Fsp3) is 0.667. The van der Waals surface area contributed by atoms with Crippen LogP contribution >= 0.6 is 11.6 Å². The molecule has 1 saturated heterocycles. The highest BCUT2D eigenvalue weighted by Gasteiger charge is 2.29. The Morgan fingerprint density at radius 2 is 1.95 bits per heavy atom. The second kappa shape index (κ2) is 6.58. The van der Waals surface area contributed by atoms with Crippen LogP contribution < -0.4 is 0 Å². The molecule has 0 bridgehead atoms. The van der Waals surface area contributed by atoms with E-state index in [9.17, 15) is 5.11 Å². The number of benzene rings is 1. The van der Waals surface area contributed by atoms with E-state index in [2.05, 4.69) is 32.6 Å². The normalized spacial score (nSPS) is 22.8. The second-order valence-corrected chi connectivity index (χ2v) is 7.85. The van der Waals surface area contributed by atoms with Crippen molar-refractivity contribution in [1.82, 2.24) is 4.90 Å². The Kier molecular flexibility index (Phi) is 5.21. The molecule has 0 aromatic heterocycles. The molecule has 0 spiro atoms. The van der Waals surface area contributed by atoms with Crippen LogP contribution in [0.4, 0.5) is 0 Å². The van der Waals surface area contributed by atoms with E-state index in [-0.39, 0.29) is 6.04 Å². The van der Waals surface area contributed by atoms with Gasteiger partial charge in [0.2, 0.25) is 0 Å². The van der Waals surface area contributed by atoms with E-state index in [0.717, 1.165) is 24.6 Å². The molecule has 1 N–H and O–H groups in total. The molecule has 1 heterocycles. The van der Waals surface area contributed by atoms with Crippen molar-refractivity contribution >= 4 is 11.6 Å². The van der Waals surface area contributed by atoms with Crippen LogP contribution in [0.3, 0.4) is 0 Å². The Hall–Kier alpha value is -0.730. The fourth-order valence-corrected chi connectivity index (χ4v) is 3.61. The predicted molar refractivity (Wildman–Crippen MR) is 89.9 cm³/mol. The molecular formula is C18H28ClNO. The highest BCUT2D eigenvalue weighted by Crippen LogP contribution is 2.37. The Labute approximate surface area is 134 Å². The minimum Gasteiger partial charge on any atom is -0.508 e. The first-order chi connectivity index (χ1) is 9.79. The van der Waals surface area contributed by atoms with Gasteiger partial charge in [-0.25, -0.2) is 0 Å². The smallest absolute Gasteiger partial charge is 0.120 e. The molecule has 0 aliphatic carbocycles. The topological polar surface area (TPSA) is 23.5 Å². The van der Waals surface area contributed by atoms with Crippen LogP contribution in [0.2, 0.25) is 5.02 Å². The van der Waals surface area contributed by atoms with Crippen LogP contribution in [-0.4, -0.2) is 23.1 Å². The Bertz CT molecular complexity index is 481. The Morgan fingerprint density at radius 3 is 2.62 bits per heavy atom. The van der Waals surface area contributed by atoms with Crippen LogP contribution in [0.1, 0.15) is 58.6 Å². The molecule has 0 saturated carbocycles. The van der Waals surface area contributed by atoms with Crippen molar-refractivity contribution in [3.8, 4) is 5.75 Å². The molecule has 3 heteroatoms. The number of aromatic hydroxyl groups is 1. The highest BCUT2D eigenvalue weighted by molar-refractivity contribution is 6.30. The molecule has 118 valence electrons. The number of rotatable bonds is 2. The molecule has 0 radical (unpaired) electrons. The van der Waals surface area contributed by atoms with Crippen LogP contribution in [0.25, 0.3) is 0 Å². The van der Waals surface area contributed by atoms with E-state index < -0.39 is 0 Å². The summed E-state index contributed by atoms with van der Waals surface area (Å²) in [6.07, 6.45) is 3.76. The molecule has 1 fully saturated rings. The SMILES string of the molecule is CC(c1cc(Cl)ccc1O)N1CCCC(C(C)(C)C)CC1. The van der Waals surface area contributed by atoms with E-state index in [1.807, 2.05) is 6.07 Å². The van der Waals surface area contributed by atoms with Gasteiger partial charge in [0.05, 0.1) is 0 Å². The number of likely N-dealkylation sites (tertiary alicyclic amines) is 1. The van der Waals surface area contributed by atoms with Crippen molar-refractivity contribution in [2.75, 3.05) is 13.1 Å². The third-order valence-electron chi connectivity index (χ3n) is 4.97. The lowest BCUT2D eigenvalue weighted by molar-refractivity contribution is 0.188. The molecule has 1 aromatic carbocycles. The maximum atomic E-state index is 10.1. The van der Waals surface area contributed by atoms with E-state index in [4.69, 9.17) is 11.6 Å². The summed E-state index contributed by atoms with van der Waals surface area (Å²) < 4.78 is 0. The van der Waals surface area contributed by atoms with Crippen molar-refractivity contribution in [3.05, 3.63) is 28.8 Å². The lowest BCUT2D eigenvalue weighted by Gasteiger charge is -2.31. The summed E-state index contributed by atoms with van der Waals surface area (Å²) in [5, 5.41) is 10.8. The first-order valence-electron chi connectivity index (χ1n) is 8.01. The second-order valence-electron chi connectivity index (χ2n) is 7.41. The Balaban J connectivity index is 2.10. The molecular weight excluding hydrogens is 282 g/mol. The van der Waals surface area contributed by atoms with Crippen LogP contribution in [0.5, 0.6) is 5.75 Å². The van der Waals surface area contributed by atoms with Gasteiger partial charge in [-0.1, -0.05) is 32.4 Å². The molecule has 1 aliphatic heterocycles. The largest absolute Gasteiger partial charge is 0.508 e. The van der Waals surface area contributed by atoms with Gasteiger partial charge in [0.25, 0.3) is 0 Å². The van der Waals surface area contributed by atoms with Gasteiger partial charge in [-0.3, -0.25) is 4.90 Å². The van der Waals surface area contributed by atoms with Gasteiger partial charge in [-0.2, -0.15) is 0 Å². The van der Waals surface area contributed by atoms with Crippen LogP contribution in [-0.2, 0) is 0 Å². The zero-order chi connectivity index (χ0) is 15.6. The van der Waals surface area contributed by atoms with Crippen molar-refractivity contribution in [3.63, 3.8) is 0 Å². The van der Waals surface area contributed by atoms with Gasteiger partial charge in [-0.05, 0) is 68.8 Å². The van der Waals surface area contributed by atoms with Crippen LogP contribution in [0, 0.1) is 11.3 Å². The van der Waals surface area contributed by atoms with Crippen molar-refractivity contribution in [2.24, 2.45) is 11.3 Å². The molecule has 2 atom stereocenters. The first kappa shape index (κ1) is 16.6. The standard InChI is InChI=1S/C18H28ClNO/c1-13(16-12-15(19)7-8-17(16)21)20-10-5-6-14(9-11-20)18(2,3)4/h7-8,12-14,21H,5-6,9-11H2,1-4H3. The van der Waals surface area contributed by atoms with Crippen LogP contribution in [0.15, 0.2) is 18.2 Å². The number of halogens is 1. The molecule has 2 nitrogen and oxygen atoms in total. The maximum Gasteiger partial charge on any atom is 0.120 e. The Morgan fingerprint density at radius 1 is 1.24 bits per heavy atom. The van der Waals surface area contributed by atoms with Crippen molar-refractivity contribution < 1.29 is 5.11 Å². The van der Waals surface area contributed by atoms with Crippen molar-refractivity contribution in [1.29, 1.82) is 0 Å². The lowest BCUT2D eigenvalue weighted by Crippen LogP contribution is -2.29. The molecule has 0 amide bonds. The average molecular weight is 310 g/mol. The minimum atomic E-state index is 0.211. The molecule has 1 aliphatic rings. The zero-order valence-corrected chi connectivity index (χ0v) is 14.5. The monoisotopic (exact) mass is 309 g/mol. The maximum absolute atomic E-state index is 10.1. The summed E-state index contributed by atoms with van der Waals surface area (Å²) in [4.78, 5) is 2.48. The number of hydrogen-bond donors (Lipinski definition) is 1. The summed E-state index contributed by atoms with van der Waals surface area (Å²) in [5.74, 6) is 1.13. The van der Waals surface area contributed by atoms with Gasteiger partial charge < -0.3 is 5.11 Å².